The molecule has 0 saturated carbocycles. The summed E-state index contributed by atoms with van der Waals surface area (Å²) in [6.45, 7) is 20.1. The molecule has 6 saturated heterocycles. The van der Waals surface area contributed by atoms with Gasteiger partial charge in [0.25, 0.3) is 0 Å². The summed E-state index contributed by atoms with van der Waals surface area (Å²) >= 11 is 3.34. The van der Waals surface area contributed by atoms with Crippen molar-refractivity contribution >= 4 is 57.2 Å². The molecule has 3 aromatic heterocycles. The van der Waals surface area contributed by atoms with Crippen molar-refractivity contribution in [3.63, 3.8) is 0 Å². The molecule has 18 rings (SSSR count). The molecule has 9 aliphatic rings. The van der Waals surface area contributed by atoms with Crippen LogP contribution in [0.5, 0.6) is 0 Å². The summed E-state index contributed by atoms with van der Waals surface area (Å²) < 4.78 is 12.0. The van der Waals surface area contributed by atoms with E-state index in [0.717, 1.165) is 157 Å². The number of carbonyl (C=O) groups is 2. The van der Waals surface area contributed by atoms with Crippen molar-refractivity contribution in [1.82, 2.24) is 45.9 Å². The van der Waals surface area contributed by atoms with Crippen molar-refractivity contribution in [3.8, 4) is 0 Å². The molecule has 9 heterocycles. The van der Waals surface area contributed by atoms with E-state index in [2.05, 4.69) is 224 Å². The highest BCUT2D eigenvalue weighted by Gasteiger charge is 2.51. The van der Waals surface area contributed by atoms with Gasteiger partial charge in [-0.1, -0.05) is 164 Å². The second kappa shape index (κ2) is 33.4. The molecule has 111 heavy (non-hydrogen) atoms. The van der Waals surface area contributed by atoms with Crippen LogP contribution in [-0.4, -0.2) is 112 Å². The third-order valence-electron chi connectivity index (χ3n) is 24.8. The third-order valence-corrected chi connectivity index (χ3v) is 25.2. The van der Waals surface area contributed by atoms with Crippen LogP contribution in [-0.2, 0) is 28.7 Å². The quantitative estimate of drug-likeness (QED) is 0.100. The minimum atomic E-state index is -0.528. The van der Waals surface area contributed by atoms with Crippen molar-refractivity contribution in [3.05, 3.63) is 256 Å². The number of anilines is 5. The average Bonchev–Trinajstić information content (AvgIpc) is 1.61. The molecule has 19 nitrogen and oxygen atoms in total. The van der Waals surface area contributed by atoms with Gasteiger partial charge in [0.15, 0.2) is 0 Å². The molecule has 3 spiro atoms. The number of hydrogen-bond donors (Lipinski definition) is 4. The van der Waals surface area contributed by atoms with E-state index in [9.17, 15) is 9.59 Å². The zero-order chi connectivity index (χ0) is 76.7. The summed E-state index contributed by atoms with van der Waals surface area (Å²) in [5.74, 6) is 4.75. The summed E-state index contributed by atoms with van der Waals surface area (Å²) in [7, 11) is 0. The predicted octanol–water partition coefficient (Wildman–Crippen LogP) is 17.6. The van der Waals surface area contributed by atoms with Crippen molar-refractivity contribution < 1.29 is 19.1 Å². The number of rotatable bonds is 10. The predicted molar refractivity (Wildman–Crippen MR) is 445 cm³/mol. The Morgan fingerprint density at radius 1 is 0.423 bits per heavy atom. The Hall–Kier alpha value is -9.50. The summed E-state index contributed by atoms with van der Waals surface area (Å²) in [5.41, 5.74) is 17.9. The van der Waals surface area contributed by atoms with Gasteiger partial charge in [-0.3, -0.25) is 0 Å². The Morgan fingerprint density at radius 2 is 0.775 bits per heavy atom. The van der Waals surface area contributed by atoms with Gasteiger partial charge in [0.1, 0.15) is 44.9 Å². The van der Waals surface area contributed by atoms with Gasteiger partial charge in [0, 0.05) is 75.3 Å². The molecule has 0 unspecified atom stereocenters. The van der Waals surface area contributed by atoms with E-state index in [4.69, 9.17) is 35.1 Å². The number of piperidine rings is 3. The first kappa shape index (κ1) is 76.8. The van der Waals surface area contributed by atoms with E-state index in [-0.39, 0.29) is 46.6 Å². The van der Waals surface area contributed by atoms with Crippen LogP contribution in [0.4, 0.5) is 38.7 Å². The molecular formula is C91H110BrN15O4. The number of aromatic nitrogens is 6. The molecule has 0 radical (unpaired) electrons. The second-order valence-electron chi connectivity index (χ2n) is 34.1. The van der Waals surface area contributed by atoms with Crippen LogP contribution >= 0.6 is 15.9 Å². The van der Waals surface area contributed by atoms with E-state index >= 15 is 0 Å². The molecule has 6 aromatic carbocycles. The third kappa shape index (κ3) is 17.6. The lowest BCUT2D eigenvalue weighted by atomic mass is 9.72. The number of halogens is 1. The van der Waals surface area contributed by atoms with E-state index in [1.54, 1.807) is 6.20 Å². The highest BCUT2D eigenvalue weighted by atomic mass is 79.9. The lowest BCUT2D eigenvalue weighted by Crippen LogP contribution is -2.48. The topological polar surface area (TPSA) is 208 Å². The molecule has 5 N–H and O–H groups in total. The number of amides is 2. The Morgan fingerprint density at radius 3 is 1.15 bits per heavy atom. The van der Waals surface area contributed by atoms with Gasteiger partial charge >= 0.3 is 12.2 Å². The second-order valence-corrected chi connectivity index (χ2v) is 34.9. The van der Waals surface area contributed by atoms with Crippen LogP contribution < -0.4 is 46.2 Å². The maximum absolute atomic E-state index is 12.8. The Kier molecular flexibility index (Phi) is 23.1. The monoisotopic (exact) mass is 1560 g/mol. The summed E-state index contributed by atoms with van der Waals surface area (Å²) in [4.78, 5) is 65.4. The Labute approximate surface area is 664 Å². The molecule has 6 atom stereocenters. The molecule has 580 valence electrons. The fourth-order valence-electron chi connectivity index (χ4n) is 19.2. The number of ether oxygens (including phenoxy) is 2. The average molecular weight is 1560 g/mol. The maximum atomic E-state index is 12.8. The molecule has 3 aliphatic carbocycles. The minimum Gasteiger partial charge on any atom is -0.444 e. The van der Waals surface area contributed by atoms with Crippen molar-refractivity contribution in [2.24, 2.45) is 22.0 Å². The number of carbonyl (C=O) groups excluding carboxylic acids is 2. The SMILES string of the molecule is CC(C)(C)OC(=O)N[C@@H]1c2ccccc2CC12CCN(c1cnc(Br)cn1)CC2.CC(C)(C)OC(=O)N[C@@H]1c2ccccc2CC12CCN(c1cnc(N3CCC[C@@H]3c3ccccc3)cn1)CC2.N[C@@H]1c2ccccc2CC12CCN(c1cnc(N3CCC[C@@H]3c3ccccc3)cn1)CC2.c1ccc([C@H]2CCCN2)cc1. The molecule has 9 aromatic rings. The molecular weight excluding hydrogens is 1450 g/mol. The van der Waals surface area contributed by atoms with Gasteiger partial charge in [0.2, 0.25) is 0 Å². The fourth-order valence-corrected chi connectivity index (χ4v) is 19.4. The van der Waals surface area contributed by atoms with Gasteiger partial charge in [0.05, 0.1) is 61.3 Å². The van der Waals surface area contributed by atoms with Crippen LogP contribution in [0.2, 0.25) is 0 Å². The summed E-state index contributed by atoms with van der Waals surface area (Å²) in [6.07, 6.45) is 27.1. The standard InChI is InChI=1S/C32H39N5O2.C27H31N5.C22H27BrN4O2.C10H13N/c1-31(2,3)39-30(38)35-29-25-13-8-7-12-24(25)20-32(29)15-18-36(19-16-32)27-21-34-28(22-33-27)37-17-9-14-26(37)23-10-5-4-6-11-23;28-26-22-10-5-4-9-21(22)17-27(26)12-15-31(16-13-27)24-18-30-25(19-29-24)32-14-6-11-23(32)20-7-2-1-3-8-20;1-21(2,3)29-20(28)26-19-16-7-5-4-6-15(16)12-22(19)8-10-27(11-9-22)18-14-24-17(23)13-25-18;1-2-5-9(6-3-1)10-7-4-8-11-10/h4-8,10-13,21-22,26,29H,9,14-20H2,1-3H3,(H,35,38);1-5,7-10,18-19,23,26H,6,11-17,28H2;4-7,13-14,19H,8-12H2,1-3H3,(H,26,28);1-3,5-6,10-11H,4,7-8H2/t26-,29-;23-,26-;19-;10-/m1111/s1. The first-order chi connectivity index (χ1) is 53.8. The summed E-state index contributed by atoms with van der Waals surface area (Å²) in [5, 5.41) is 9.92. The van der Waals surface area contributed by atoms with E-state index in [1.807, 2.05) is 78.6 Å². The fraction of sp³-hybridized carbons (Fsp3) is 0.451. The van der Waals surface area contributed by atoms with E-state index in [0.29, 0.717) is 18.1 Å². The number of nitrogens with zero attached hydrogens (tertiary/aromatic N) is 11. The maximum Gasteiger partial charge on any atom is 0.408 e. The molecule has 0 bridgehead atoms. The van der Waals surface area contributed by atoms with Crippen molar-refractivity contribution in [1.29, 1.82) is 0 Å². The molecule has 20 heteroatoms. The van der Waals surface area contributed by atoms with Crippen LogP contribution in [0.1, 0.15) is 205 Å². The highest BCUT2D eigenvalue weighted by Crippen LogP contribution is 2.55. The first-order valence-corrected chi connectivity index (χ1v) is 41.3. The number of fused-ring (bicyclic) bond motifs is 3. The van der Waals surface area contributed by atoms with Gasteiger partial charge < -0.3 is 55.7 Å². The zero-order valence-corrected chi connectivity index (χ0v) is 67.1. The Bertz CT molecular complexity index is 4560. The highest BCUT2D eigenvalue weighted by molar-refractivity contribution is 9.10. The Balaban J connectivity index is 0.000000124. The summed E-state index contributed by atoms with van der Waals surface area (Å²) in [6, 6.07) is 59.3. The number of alkyl carbamates (subject to hydrolysis) is 2. The smallest absolute Gasteiger partial charge is 0.408 e. The van der Waals surface area contributed by atoms with Crippen molar-refractivity contribution in [2.75, 3.05) is 83.4 Å². The lowest BCUT2D eigenvalue weighted by molar-refractivity contribution is 0.0418. The minimum absolute atomic E-state index is 0.000116. The number of benzene rings is 6. The van der Waals surface area contributed by atoms with Crippen LogP contribution in [0.15, 0.2) is 206 Å². The van der Waals surface area contributed by atoms with Gasteiger partial charge in [-0.15, -0.1) is 0 Å². The molecule has 2 amide bonds. The van der Waals surface area contributed by atoms with Gasteiger partial charge in [-0.2, -0.15) is 0 Å². The number of nitrogens with one attached hydrogen (secondary N) is 3. The number of hydrogen-bond acceptors (Lipinski definition) is 17. The normalized spacial score (nSPS) is 22.4. The van der Waals surface area contributed by atoms with Crippen LogP contribution in [0, 0.1) is 16.2 Å². The van der Waals surface area contributed by atoms with Gasteiger partial charge in [-0.05, 0) is 216 Å². The largest absolute Gasteiger partial charge is 0.444 e. The molecule has 6 fully saturated rings. The van der Waals surface area contributed by atoms with E-state index in [1.165, 1.54) is 82.3 Å². The lowest BCUT2D eigenvalue weighted by Gasteiger charge is -2.43. The van der Waals surface area contributed by atoms with Crippen molar-refractivity contribution in [2.45, 2.75) is 185 Å². The molecule has 6 aliphatic heterocycles. The number of nitrogens with two attached hydrogens (primary N) is 1. The van der Waals surface area contributed by atoms with Gasteiger partial charge in [-0.25, -0.2) is 39.5 Å². The van der Waals surface area contributed by atoms with Crippen LogP contribution in [0.25, 0.3) is 0 Å². The van der Waals surface area contributed by atoms with E-state index < -0.39 is 11.2 Å². The first-order valence-electron chi connectivity index (χ1n) is 40.5. The zero-order valence-electron chi connectivity index (χ0n) is 65.5. The van der Waals surface area contributed by atoms with Crippen LogP contribution in [0.3, 0.4) is 0 Å².